The number of aromatic nitrogens is 2. The number of benzene rings is 5. The Kier molecular flexibility index (Phi) is 3.84. The lowest BCUT2D eigenvalue weighted by Crippen LogP contribution is -2.00. The normalized spacial score (nSPS) is 12.0. The number of para-hydroxylation sites is 5. The molecule has 36 heavy (non-hydrogen) atoms. The Hall–Kier alpha value is -4.83. The molecule has 4 nitrogen and oxygen atoms in total. The molecule has 3 aromatic heterocycles. The minimum atomic E-state index is 0.845. The predicted molar refractivity (Wildman–Crippen MR) is 146 cm³/mol. The molecule has 0 saturated carbocycles. The van der Waals surface area contributed by atoms with Crippen molar-refractivity contribution in [3.8, 4) is 17.1 Å². The molecule has 3 heterocycles. The Balaban J connectivity index is 1.48. The van der Waals surface area contributed by atoms with Crippen LogP contribution in [0.3, 0.4) is 0 Å². The van der Waals surface area contributed by atoms with Crippen molar-refractivity contribution in [1.82, 2.24) is 9.55 Å². The molecule has 4 heteroatoms. The molecule has 0 radical (unpaired) electrons. The second-order valence-corrected chi connectivity index (χ2v) is 9.22. The van der Waals surface area contributed by atoms with Crippen LogP contribution in [0.15, 0.2) is 112 Å². The van der Waals surface area contributed by atoms with Gasteiger partial charge in [0, 0.05) is 27.1 Å². The van der Waals surface area contributed by atoms with Gasteiger partial charge in [0.05, 0.1) is 22.3 Å². The Morgan fingerprint density at radius 3 is 2.03 bits per heavy atom. The fourth-order valence-corrected chi connectivity index (χ4v) is 5.53. The standard InChI is InChI=1S/C32H20N2O2/c1-19-26(18-17-23-21-10-3-6-15-28(21)35-30(19)23)34-27-14-5-4-13-25(27)33-32(34)24-12-8-11-22-20-9-2-7-16-29(20)36-31(22)24/h2-18H,1H3. The number of hydrogen-bond acceptors (Lipinski definition) is 3. The van der Waals surface area contributed by atoms with Crippen molar-refractivity contribution in [2.24, 2.45) is 0 Å². The van der Waals surface area contributed by atoms with Crippen LogP contribution in [0.1, 0.15) is 5.56 Å². The first-order chi connectivity index (χ1) is 17.8. The molecular weight excluding hydrogens is 444 g/mol. The molecule has 170 valence electrons. The van der Waals surface area contributed by atoms with Crippen LogP contribution in [0.5, 0.6) is 0 Å². The van der Waals surface area contributed by atoms with E-state index >= 15 is 0 Å². The lowest BCUT2D eigenvalue weighted by atomic mass is 10.1. The molecule has 0 saturated heterocycles. The third-order valence-electron chi connectivity index (χ3n) is 7.21. The fraction of sp³-hybridized carbons (Fsp3) is 0.0312. The van der Waals surface area contributed by atoms with E-state index in [0.717, 1.165) is 77.5 Å². The van der Waals surface area contributed by atoms with Gasteiger partial charge in [-0.1, -0.05) is 60.7 Å². The summed E-state index contributed by atoms with van der Waals surface area (Å²) in [6, 6.07) is 35.3. The maximum absolute atomic E-state index is 6.39. The van der Waals surface area contributed by atoms with E-state index in [9.17, 15) is 0 Å². The van der Waals surface area contributed by atoms with Crippen LogP contribution >= 0.6 is 0 Å². The second-order valence-electron chi connectivity index (χ2n) is 9.22. The largest absolute Gasteiger partial charge is 0.456 e. The smallest absolute Gasteiger partial charge is 0.149 e. The highest BCUT2D eigenvalue weighted by molar-refractivity contribution is 6.10. The number of imidazole rings is 1. The number of rotatable bonds is 2. The Morgan fingerprint density at radius 2 is 1.22 bits per heavy atom. The molecular formula is C32H20N2O2. The average Bonchev–Trinajstić information content (AvgIpc) is 3.60. The Morgan fingerprint density at radius 1 is 0.583 bits per heavy atom. The van der Waals surface area contributed by atoms with E-state index in [2.05, 4.69) is 78.2 Å². The van der Waals surface area contributed by atoms with Gasteiger partial charge in [-0.15, -0.1) is 0 Å². The molecule has 8 rings (SSSR count). The molecule has 0 aliphatic rings. The van der Waals surface area contributed by atoms with Crippen molar-refractivity contribution < 1.29 is 8.83 Å². The van der Waals surface area contributed by atoms with Gasteiger partial charge in [-0.05, 0) is 49.4 Å². The van der Waals surface area contributed by atoms with Gasteiger partial charge in [-0.2, -0.15) is 0 Å². The van der Waals surface area contributed by atoms with Gasteiger partial charge in [-0.25, -0.2) is 4.98 Å². The van der Waals surface area contributed by atoms with Crippen molar-refractivity contribution in [3.63, 3.8) is 0 Å². The molecule has 0 unspecified atom stereocenters. The highest BCUT2D eigenvalue weighted by Gasteiger charge is 2.21. The third-order valence-corrected chi connectivity index (χ3v) is 7.21. The molecule has 0 N–H and O–H groups in total. The van der Waals surface area contributed by atoms with Gasteiger partial charge >= 0.3 is 0 Å². The zero-order chi connectivity index (χ0) is 23.8. The van der Waals surface area contributed by atoms with E-state index < -0.39 is 0 Å². The van der Waals surface area contributed by atoms with Crippen LogP contribution in [0.25, 0.3) is 72.0 Å². The zero-order valence-corrected chi connectivity index (χ0v) is 19.5. The lowest BCUT2D eigenvalue weighted by molar-refractivity contribution is 0.665. The predicted octanol–water partition coefficient (Wildman–Crippen LogP) is 8.80. The summed E-state index contributed by atoms with van der Waals surface area (Å²) in [5.41, 5.74) is 8.58. The molecule has 5 aromatic carbocycles. The van der Waals surface area contributed by atoms with Gasteiger partial charge in [0.25, 0.3) is 0 Å². The quantitative estimate of drug-likeness (QED) is 0.257. The van der Waals surface area contributed by atoms with E-state index in [1.807, 2.05) is 36.4 Å². The minimum absolute atomic E-state index is 0.845. The van der Waals surface area contributed by atoms with Gasteiger partial charge in [0.15, 0.2) is 0 Å². The third kappa shape index (κ3) is 2.56. The molecule has 0 atom stereocenters. The maximum Gasteiger partial charge on any atom is 0.149 e. The summed E-state index contributed by atoms with van der Waals surface area (Å²) in [6.45, 7) is 2.13. The molecule has 0 spiro atoms. The Bertz CT molecular complexity index is 2120. The first kappa shape index (κ1) is 19.5. The van der Waals surface area contributed by atoms with Crippen LogP contribution in [0.2, 0.25) is 0 Å². The van der Waals surface area contributed by atoms with Crippen molar-refractivity contribution in [3.05, 3.63) is 109 Å². The number of nitrogens with zero attached hydrogens (tertiary/aromatic N) is 2. The maximum atomic E-state index is 6.39. The summed E-state index contributed by atoms with van der Waals surface area (Å²) < 4.78 is 15.0. The molecule has 8 aromatic rings. The SMILES string of the molecule is Cc1c(-n2c(-c3cccc4c3oc3ccccc34)nc3ccccc32)ccc2c1oc1ccccc12. The van der Waals surface area contributed by atoms with E-state index in [1.54, 1.807) is 0 Å². The van der Waals surface area contributed by atoms with Gasteiger partial charge in [-0.3, -0.25) is 4.57 Å². The topological polar surface area (TPSA) is 44.1 Å². The number of fused-ring (bicyclic) bond motifs is 7. The van der Waals surface area contributed by atoms with E-state index in [-0.39, 0.29) is 0 Å². The highest BCUT2D eigenvalue weighted by atomic mass is 16.3. The number of hydrogen-bond donors (Lipinski definition) is 0. The molecule has 0 amide bonds. The summed E-state index contributed by atoms with van der Waals surface area (Å²) in [5.74, 6) is 0.847. The van der Waals surface area contributed by atoms with Crippen molar-refractivity contribution in [2.45, 2.75) is 6.92 Å². The van der Waals surface area contributed by atoms with E-state index in [1.165, 1.54) is 0 Å². The summed E-state index contributed by atoms with van der Waals surface area (Å²) in [6.07, 6.45) is 0. The summed E-state index contributed by atoms with van der Waals surface area (Å²) >= 11 is 0. The average molecular weight is 465 g/mol. The number of aryl methyl sites for hydroxylation is 1. The van der Waals surface area contributed by atoms with Crippen molar-refractivity contribution in [1.29, 1.82) is 0 Å². The van der Waals surface area contributed by atoms with Gasteiger partial charge < -0.3 is 8.83 Å². The van der Waals surface area contributed by atoms with Gasteiger partial charge in [0.2, 0.25) is 0 Å². The van der Waals surface area contributed by atoms with Crippen molar-refractivity contribution >= 4 is 54.9 Å². The lowest BCUT2D eigenvalue weighted by Gasteiger charge is -2.13. The number of furan rings is 2. The van der Waals surface area contributed by atoms with Crippen LogP contribution < -0.4 is 0 Å². The molecule has 0 aliphatic heterocycles. The van der Waals surface area contributed by atoms with Crippen LogP contribution in [-0.2, 0) is 0 Å². The first-order valence-corrected chi connectivity index (χ1v) is 12.1. The summed E-state index contributed by atoms with van der Waals surface area (Å²) in [4.78, 5) is 5.12. The van der Waals surface area contributed by atoms with E-state index in [4.69, 9.17) is 13.8 Å². The highest BCUT2D eigenvalue weighted by Crippen LogP contribution is 2.40. The van der Waals surface area contributed by atoms with Crippen molar-refractivity contribution in [2.75, 3.05) is 0 Å². The van der Waals surface area contributed by atoms with Crippen LogP contribution in [0, 0.1) is 6.92 Å². The van der Waals surface area contributed by atoms with Crippen LogP contribution in [-0.4, -0.2) is 9.55 Å². The minimum Gasteiger partial charge on any atom is -0.456 e. The fourth-order valence-electron chi connectivity index (χ4n) is 5.53. The first-order valence-electron chi connectivity index (χ1n) is 12.1. The second kappa shape index (κ2) is 7.09. The zero-order valence-electron chi connectivity index (χ0n) is 19.5. The summed E-state index contributed by atoms with van der Waals surface area (Å²) in [5, 5.41) is 4.45. The van der Waals surface area contributed by atoms with Crippen LogP contribution in [0.4, 0.5) is 0 Å². The molecule has 0 aliphatic carbocycles. The molecule has 0 bridgehead atoms. The monoisotopic (exact) mass is 464 g/mol. The Labute approximate surface area is 206 Å². The van der Waals surface area contributed by atoms with E-state index in [0.29, 0.717) is 0 Å². The van der Waals surface area contributed by atoms with Gasteiger partial charge in [0.1, 0.15) is 28.2 Å². The molecule has 0 fully saturated rings. The summed E-state index contributed by atoms with van der Waals surface area (Å²) in [7, 11) is 0.